The molecule has 32 heavy (non-hydrogen) atoms. The highest BCUT2D eigenvalue weighted by atomic mass is 35.5. The lowest BCUT2D eigenvalue weighted by atomic mass is 10.1. The quantitative estimate of drug-likeness (QED) is 0.674. The van der Waals surface area contributed by atoms with Gasteiger partial charge in [0, 0.05) is 26.2 Å². The first-order valence-electron chi connectivity index (χ1n) is 10.1. The van der Waals surface area contributed by atoms with Crippen LogP contribution in [0.3, 0.4) is 0 Å². The van der Waals surface area contributed by atoms with Crippen LogP contribution in [0.4, 0.5) is 24.5 Å². The summed E-state index contributed by atoms with van der Waals surface area (Å²) in [5.41, 5.74) is -0.594. The molecule has 2 N–H and O–H groups in total. The second-order valence-corrected chi connectivity index (χ2v) is 7.96. The lowest BCUT2D eigenvalue weighted by Gasteiger charge is -2.37. The maximum Gasteiger partial charge on any atom is 0.418 e. The number of hydrogen-bond acceptors (Lipinski definition) is 4. The number of alkyl halides is 3. The summed E-state index contributed by atoms with van der Waals surface area (Å²) >= 11 is 6.05. The molecule has 0 aromatic heterocycles. The second-order valence-electron chi connectivity index (χ2n) is 7.55. The zero-order valence-corrected chi connectivity index (χ0v) is 18.2. The van der Waals surface area contributed by atoms with Gasteiger partial charge in [0.1, 0.15) is 0 Å². The monoisotopic (exact) mass is 468 g/mol. The van der Waals surface area contributed by atoms with Crippen molar-refractivity contribution < 1.29 is 22.8 Å². The van der Waals surface area contributed by atoms with Gasteiger partial charge in [-0.15, -0.1) is 0 Å². The SMILES string of the molecule is CC(C(=O)Nc1ccccc1C(F)(F)F)N1CCN(CC(=O)Nc2ccccc2Cl)CC1. The fourth-order valence-corrected chi connectivity index (χ4v) is 3.69. The Balaban J connectivity index is 1.50. The predicted molar refractivity (Wildman–Crippen MR) is 118 cm³/mol. The normalized spacial score (nSPS) is 16.4. The molecule has 172 valence electrons. The van der Waals surface area contributed by atoms with Gasteiger partial charge in [-0.1, -0.05) is 35.9 Å². The summed E-state index contributed by atoms with van der Waals surface area (Å²) in [6, 6.07) is 11.2. The van der Waals surface area contributed by atoms with Crippen molar-refractivity contribution in [2.45, 2.75) is 19.1 Å². The molecule has 10 heteroatoms. The van der Waals surface area contributed by atoms with Crippen molar-refractivity contribution in [2.75, 3.05) is 43.4 Å². The minimum Gasteiger partial charge on any atom is -0.324 e. The Morgan fingerprint density at radius 1 is 0.969 bits per heavy atom. The Morgan fingerprint density at radius 2 is 1.56 bits per heavy atom. The minimum atomic E-state index is -4.55. The molecule has 1 heterocycles. The summed E-state index contributed by atoms with van der Waals surface area (Å²) in [6.07, 6.45) is -4.55. The van der Waals surface area contributed by atoms with E-state index in [0.29, 0.717) is 36.9 Å². The van der Waals surface area contributed by atoms with Gasteiger partial charge in [0.2, 0.25) is 11.8 Å². The molecule has 0 bridgehead atoms. The zero-order chi connectivity index (χ0) is 23.3. The summed E-state index contributed by atoms with van der Waals surface area (Å²) in [7, 11) is 0. The molecule has 1 unspecified atom stereocenters. The largest absolute Gasteiger partial charge is 0.418 e. The molecule has 1 aliphatic heterocycles. The highest BCUT2D eigenvalue weighted by molar-refractivity contribution is 6.33. The number of rotatable bonds is 6. The van der Waals surface area contributed by atoms with Crippen LogP contribution < -0.4 is 10.6 Å². The first-order valence-corrected chi connectivity index (χ1v) is 10.5. The Labute approximate surface area is 189 Å². The summed E-state index contributed by atoms with van der Waals surface area (Å²) in [5, 5.41) is 5.63. The topological polar surface area (TPSA) is 64.7 Å². The molecular formula is C22H24ClF3N4O2. The maximum atomic E-state index is 13.2. The van der Waals surface area contributed by atoms with Gasteiger partial charge in [-0.25, -0.2) is 0 Å². The minimum absolute atomic E-state index is 0.179. The average molecular weight is 469 g/mol. The number of carbonyl (C=O) groups excluding carboxylic acids is 2. The smallest absolute Gasteiger partial charge is 0.324 e. The molecule has 0 spiro atoms. The van der Waals surface area contributed by atoms with Gasteiger partial charge in [0.05, 0.1) is 34.5 Å². The van der Waals surface area contributed by atoms with E-state index in [1.165, 1.54) is 18.2 Å². The molecule has 2 aromatic rings. The van der Waals surface area contributed by atoms with Gasteiger partial charge in [-0.05, 0) is 31.2 Å². The van der Waals surface area contributed by atoms with Gasteiger partial charge in [0.25, 0.3) is 0 Å². The fourth-order valence-electron chi connectivity index (χ4n) is 3.51. The van der Waals surface area contributed by atoms with Crippen LogP contribution in [-0.4, -0.2) is 60.4 Å². The number of benzene rings is 2. The number of piperazine rings is 1. The van der Waals surface area contributed by atoms with Crippen molar-refractivity contribution in [1.82, 2.24) is 9.80 Å². The van der Waals surface area contributed by atoms with E-state index in [4.69, 9.17) is 11.6 Å². The number of nitrogens with one attached hydrogen (secondary N) is 2. The second kappa shape index (κ2) is 10.3. The number of carbonyl (C=O) groups is 2. The van der Waals surface area contributed by atoms with Crippen molar-refractivity contribution in [2.24, 2.45) is 0 Å². The van der Waals surface area contributed by atoms with E-state index < -0.39 is 23.7 Å². The Morgan fingerprint density at radius 3 is 2.19 bits per heavy atom. The summed E-state index contributed by atoms with van der Waals surface area (Å²) < 4.78 is 39.5. The maximum absolute atomic E-state index is 13.2. The number of hydrogen-bond donors (Lipinski definition) is 2. The van der Waals surface area contributed by atoms with E-state index in [1.54, 1.807) is 31.2 Å². The molecular weight excluding hydrogens is 445 g/mol. The van der Waals surface area contributed by atoms with Crippen molar-refractivity contribution in [3.05, 3.63) is 59.1 Å². The highest BCUT2D eigenvalue weighted by Crippen LogP contribution is 2.34. The lowest BCUT2D eigenvalue weighted by Crippen LogP contribution is -2.53. The third-order valence-electron chi connectivity index (χ3n) is 5.34. The standard InChI is InChI=1S/C22H24ClF3N4O2/c1-15(21(32)28-18-8-4-2-6-16(18)22(24,25)26)30-12-10-29(11-13-30)14-20(31)27-19-9-5-3-7-17(19)23/h2-9,15H,10-14H2,1H3,(H,27,31)(H,28,32). The number of para-hydroxylation sites is 2. The molecule has 0 radical (unpaired) electrons. The van der Waals surface area contributed by atoms with Crippen molar-refractivity contribution in [3.63, 3.8) is 0 Å². The summed E-state index contributed by atoms with van der Waals surface area (Å²) in [4.78, 5) is 28.7. The molecule has 0 aliphatic carbocycles. The molecule has 2 amide bonds. The van der Waals surface area contributed by atoms with E-state index in [1.807, 2.05) is 9.80 Å². The van der Waals surface area contributed by atoms with E-state index >= 15 is 0 Å². The van der Waals surface area contributed by atoms with Gasteiger partial charge in [-0.3, -0.25) is 19.4 Å². The van der Waals surface area contributed by atoms with Crippen LogP contribution in [0.2, 0.25) is 5.02 Å². The van der Waals surface area contributed by atoms with Gasteiger partial charge in [-0.2, -0.15) is 13.2 Å². The van der Waals surface area contributed by atoms with Crippen LogP contribution in [0.5, 0.6) is 0 Å². The van der Waals surface area contributed by atoms with E-state index in [-0.39, 0.29) is 18.1 Å². The fraction of sp³-hybridized carbons (Fsp3) is 0.364. The molecule has 1 atom stereocenters. The van der Waals surface area contributed by atoms with Crippen molar-refractivity contribution >= 4 is 34.8 Å². The number of nitrogens with zero attached hydrogens (tertiary/aromatic N) is 2. The van der Waals surface area contributed by atoms with Gasteiger partial charge < -0.3 is 10.6 Å². The van der Waals surface area contributed by atoms with E-state index in [2.05, 4.69) is 10.6 Å². The van der Waals surface area contributed by atoms with E-state index in [0.717, 1.165) is 6.07 Å². The van der Waals surface area contributed by atoms with Crippen LogP contribution >= 0.6 is 11.6 Å². The lowest BCUT2D eigenvalue weighted by molar-refractivity contribution is -0.137. The molecule has 1 saturated heterocycles. The van der Waals surface area contributed by atoms with E-state index in [9.17, 15) is 22.8 Å². The van der Waals surface area contributed by atoms with Crippen LogP contribution in [0.15, 0.2) is 48.5 Å². The predicted octanol–water partition coefficient (Wildman–Crippen LogP) is 3.94. The van der Waals surface area contributed by atoms with Crippen LogP contribution in [0, 0.1) is 0 Å². The molecule has 1 fully saturated rings. The van der Waals surface area contributed by atoms with Gasteiger partial charge in [0.15, 0.2) is 0 Å². The van der Waals surface area contributed by atoms with Crippen molar-refractivity contribution in [1.29, 1.82) is 0 Å². The summed E-state index contributed by atoms with van der Waals surface area (Å²) in [5.74, 6) is -0.701. The average Bonchev–Trinajstić information content (AvgIpc) is 2.75. The third-order valence-corrected chi connectivity index (χ3v) is 5.67. The number of anilines is 2. The first-order chi connectivity index (χ1) is 15.1. The highest BCUT2D eigenvalue weighted by Gasteiger charge is 2.34. The van der Waals surface area contributed by atoms with Crippen LogP contribution in [-0.2, 0) is 15.8 Å². The number of amides is 2. The molecule has 0 saturated carbocycles. The molecule has 3 rings (SSSR count). The Bertz CT molecular complexity index is 962. The van der Waals surface area contributed by atoms with Crippen molar-refractivity contribution in [3.8, 4) is 0 Å². The number of halogens is 4. The Hall–Kier alpha value is -2.62. The third kappa shape index (κ3) is 6.21. The van der Waals surface area contributed by atoms with Crippen LogP contribution in [0.25, 0.3) is 0 Å². The molecule has 6 nitrogen and oxygen atoms in total. The molecule has 1 aliphatic rings. The molecule has 2 aromatic carbocycles. The van der Waals surface area contributed by atoms with Crippen LogP contribution in [0.1, 0.15) is 12.5 Å². The van der Waals surface area contributed by atoms with Gasteiger partial charge >= 0.3 is 6.18 Å². The summed E-state index contributed by atoms with van der Waals surface area (Å²) in [6.45, 7) is 3.95. The zero-order valence-electron chi connectivity index (χ0n) is 17.5. The first kappa shape index (κ1) is 24.0. The Kier molecular flexibility index (Phi) is 7.76.